The first-order valence-electron chi connectivity index (χ1n) is 8.22. The lowest BCUT2D eigenvalue weighted by atomic mass is 9.62. The number of ether oxygens (including phenoxy) is 1. The van der Waals surface area contributed by atoms with Crippen molar-refractivity contribution in [2.45, 2.75) is 72.8 Å². The molecule has 0 radical (unpaired) electrons. The lowest BCUT2D eigenvalue weighted by molar-refractivity contribution is -0.150. The van der Waals surface area contributed by atoms with Gasteiger partial charge in [-0.3, -0.25) is 9.69 Å². The van der Waals surface area contributed by atoms with Crippen LogP contribution in [0, 0.1) is 11.3 Å². The third-order valence-corrected chi connectivity index (χ3v) is 5.16. The molecule has 0 N–H and O–H groups in total. The maximum absolute atomic E-state index is 12.1. The van der Waals surface area contributed by atoms with Gasteiger partial charge in [-0.2, -0.15) is 0 Å². The molecule has 0 saturated heterocycles. The Morgan fingerprint density at radius 1 is 1.20 bits per heavy atom. The van der Waals surface area contributed by atoms with Crippen molar-refractivity contribution < 1.29 is 9.53 Å². The lowest BCUT2D eigenvalue weighted by Gasteiger charge is -2.53. The highest BCUT2D eigenvalue weighted by Gasteiger charge is 2.48. The first-order valence-corrected chi connectivity index (χ1v) is 8.22. The van der Waals surface area contributed by atoms with E-state index in [1.807, 2.05) is 6.92 Å². The van der Waals surface area contributed by atoms with E-state index in [1.165, 1.54) is 12.8 Å². The molecule has 1 fully saturated rings. The van der Waals surface area contributed by atoms with Gasteiger partial charge in [0.15, 0.2) is 0 Å². The molecule has 3 heteroatoms. The summed E-state index contributed by atoms with van der Waals surface area (Å²) in [6, 6.07) is 0. The molecule has 3 nitrogen and oxygen atoms in total. The van der Waals surface area contributed by atoms with E-state index in [1.54, 1.807) is 0 Å². The maximum Gasteiger partial charge on any atom is 0.307 e. The molecule has 1 aliphatic rings. The van der Waals surface area contributed by atoms with Crippen molar-refractivity contribution in [1.29, 1.82) is 0 Å². The molecule has 0 aliphatic heterocycles. The fraction of sp³-hybridized carbons (Fsp3) is 0.941. The lowest BCUT2D eigenvalue weighted by Crippen LogP contribution is -2.57. The maximum atomic E-state index is 12.1. The summed E-state index contributed by atoms with van der Waals surface area (Å²) in [5.74, 6) is 0.488. The van der Waals surface area contributed by atoms with Crippen molar-refractivity contribution in [2.75, 3.05) is 19.7 Å². The van der Waals surface area contributed by atoms with Crippen molar-refractivity contribution in [2.24, 2.45) is 11.3 Å². The van der Waals surface area contributed by atoms with E-state index in [-0.39, 0.29) is 11.5 Å². The van der Waals surface area contributed by atoms with E-state index < -0.39 is 0 Å². The Balaban J connectivity index is 2.99. The number of hydrogen-bond acceptors (Lipinski definition) is 3. The number of esters is 1. The Morgan fingerprint density at radius 3 is 2.25 bits per heavy atom. The molecule has 2 atom stereocenters. The number of carbonyl (C=O) groups excluding carboxylic acids is 1. The average molecular weight is 283 g/mol. The second-order valence-electron chi connectivity index (χ2n) is 7.03. The van der Waals surface area contributed by atoms with Crippen LogP contribution in [0.4, 0.5) is 0 Å². The minimum atomic E-state index is -0.0362. The van der Waals surface area contributed by atoms with Gasteiger partial charge >= 0.3 is 5.97 Å². The molecule has 118 valence electrons. The molecule has 0 spiro atoms. The van der Waals surface area contributed by atoms with Gasteiger partial charge in [-0.1, -0.05) is 34.6 Å². The molecule has 2 unspecified atom stereocenters. The van der Waals surface area contributed by atoms with Gasteiger partial charge in [0.05, 0.1) is 13.0 Å². The summed E-state index contributed by atoms with van der Waals surface area (Å²) in [7, 11) is 0. The van der Waals surface area contributed by atoms with E-state index >= 15 is 0 Å². The Kier molecular flexibility index (Phi) is 6.06. The number of carbonyl (C=O) groups is 1. The van der Waals surface area contributed by atoms with Gasteiger partial charge in [0.1, 0.15) is 0 Å². The van der Waals surface area contributed by atoms with Crippen LogP contribution in [0.15, 0.2) is 0 Å². The first kappa shape index (κ1) is 17.5. The van der Waals surface area contributed by atoms with E-state index in [2.05, 4.69) is 39.5 Å². The van der Waals surface area contributed by atoms with Crippen molar-refractivity contribution in [3.63, 3.8) is 0 Å². The predicted octanol–water partition coefficient (Wildman–Crippen LogP) is 3.87. The van der Waals surface area contributed by atoms with Gasteiger partial charge in [0.25, 0.3) is 0 Å². The predicted molar refractivity (Wildman–Crippen MR) is 83.7 cm³/mol. The zero-order valence-corrected chi connectivity index (χ0v) is 14.3. The molecule has 1 rings (SSSR count). The second-order valence-corrected chi connectivity index (χ2v) is 7.03. The van der Waals surface area contributed by atoms with Crippen molar-refractivity contribution in [1.82, 2.24) is 4.90 Å². The molecular weight excluding hydrogens is 250 g/mol. The Hall–Kier alpha value is -0.570. The summed E-state index contributed by atoms with van der Waals surface area (Å²) < 4.78 is 5.24. The zero-order valence-electron chi connectivity index (χ0n) is 14.3. The second kappa shape index (κ2) is 6.93. The molecule has 1 saturated carbocycles. The molecule has 20 heavy (non-hydrogen) atoms. The van der Waals surface area contributed by atoms with E-state index in [0.717, 1.165) is 19.5 Å². The monoisotopic (exact) mass is 283 g/mol. The average Bonchev–Trinajstić information content (AvgIpc) is 2.35. The Labute approximate surface area is 125 Å². The van der Waals surface area contributed by atoms with E-state index in [4.69, 9.17) is 4.74 Å². The Morgan fingerprint density at radius 2 is 1.80 bits per heavy atom. The zero-order chi connectivity index (χ0) is 15.4. The van der Waals surface area contributed by atoms with Crippen LogP contribution in [0.25, 0.3) is 0 Å². The van der Waals surface area contributed by atoms with Crippen LogP contribution < -0.4 is 0 Å². The summed E-state index contributed by atoms with van der Waals surface area (Å²) in [5.41, 5.74) is 0.385. The minimum Gasteiger partial charge on any atom is -0.466 e. The fourth-order valence-electron chi connectivity index (χ4n) is 4.08. The molecule has 1 aliphatic carbocycles. The molecule has 0 aromatic heterocycles. The van der Waals surface area contributed by atoms with Crippen LogP contribution in [0.1, 0.15) is 67.2 Å². The van der Waals surface area contributed by atoms with Crippen LogP contribution >= 0.6 is 0 Å². The van der Waals surface area contributed by atoms with Crippen LogP contribution in [0.3, 0.4) is 0 Å². The highest BCUT2D eigenvalue weighted by Crippen LogP contribution is 2.48. The standard InChI is InChI=1S/C17H33NO2/c1-7-18(8-2)17(13-15(19)20-9-3)11-10-16(5,6)12-14(17)4/h14H,7-13H2,1-6H3. The third kappa shape index (κ3) is 3.75. The van der Waals surface area contributed by atoms with Crippen LogP contribution in [-0.2, 0) is 9.53 Å². The molecule has 0 aromatic carbocycles. The highest BCUT2D eigenvalue weighted by atomic mass is 16.5. The van der Waals surface area contributed by atoms with Gasteiger partial charge < -0.3 is 4.74 Å². The van der Waals surface area contributed by atoms with Crippen LogP contribution in [0.5, 0.6) is 0 Å². The van der Waals surface area contributed by atoms with Crippen molar-refractivity contribution in [3.8, 4) is 0 Å². The molecule has 0 amide bonds. The topological polar surface area (TPSA) is 29.5 Å². The first-order chi connectivity index (χ1) is 9.31. The molecule has 0 heterocycles. The SMILES string of the molecule is CCOC(=O)CC1(N(CC)CC)CCC(C)(C)CC1C. The quantitative estimate of drug-likeness (QED) is 0.693. The minimum absolute atomic E-state index is 0.00866. The van der Waals surface area contributed by atoms with Gasteiger partial charge in [-0.05, 0) is 50.6 Å². The summed E-state index contributed by atoms with van der Waals surface area (Å²) in [6.45, 7) is 15.8. The molecular formula is C17H33NO2. The Bertz CT molecular complexity index is 323. The largest absolute Gasteiger partial charge is 0.466 e. The van der Waals surface area contributed by atoms with Gasteiger partial charge in [-0.25, -0.2) is 0 Å². The number of nitrogens with zero attached hydrogens (tertiary/aromatic N) is 1. The van der Waals surface area contributed by atoms with E-state index in [0.29, 0.717) is 24.4 Å². The van der Waals surface area contributed by atoms with Gasteiger partial charge in [0, 0.05) is 5.54 Å². The summed E-state index contributed by atoms with van der Waals surface area (Å²) in [5, 5.41) is 0. The van der Waals surface area contributed by atoms with E-state index in [9.17, 15) is 4.79 Å². The summed E-state index contributed by atoms with van der Waals surface area (Å²) in [4.78, 5) is 14.6. The van der Waals surface area contributed by atoms with Gasteiger partial charge in [-0.15, -0.1) is 0 Å². The normalized spacial score (nSPS) is 29.4. The smallest absolute Gasteiger partial charge is 0.307 e. The van der Waals surface area contributed by atoms with Crippen molar-refractivity contribution in [3.05, 3.63) is 0 Å². The number of hydrogen-bond donors (Lipinski definition) is 0. The summed E-state index contributed by atoms with van der Waals surface area (Å²) >= 11 is 0. The molecule has 0 bridgehead atoms. The number of rotatable bonds is 6. The fourth-order valence-corrected chi connectivity index (χ4v) is 4.08. The van der Waals surface area contributed by atoms with Crippen LogP contribution in [0.2, 0.25) is 0 Å². The van der Waals surface area contributed by atoms with Crippen LogP contribution in [-0.4, -0.2) is 36.1 Å². The third-order valence-electron chi connectivity index (χ3n) is 5.16. The summed E-state index contributed by atoms with van der Waals surface area (Å²) in [6.07, 6.45) is 4.01. The van der Waals surface area contributed by atoms with Crippen molar-refractivity contribution >= 4 is 5.97 Å². The van der Waals surface area contributed by atoms with Gasteiger partial charge in [0.2, 0.25) is 0 Å². The highest BCUT2D eigenvalue weighted by molar-refractivity contribution is 5.71. The molecule has 0 aromatic rings.